The van der Waals surface area contributed by atoms with Gasteiger partial charge in [-0.1, -0.05) is 42.3 Å². The number of hydrogen-bond donors (Lipinski definition) is 0. The lowest BCUT2D eigenvalue weighted by Crippen LogP contribution is -2.36. The SMILES string of the molecule is COC(=O)CCCCCC(=O)N1CCc2c(n(Cc3ccc(F)c(Cl)c3)c3ccccc23)C1. The van der Waals surface area contributed by atoms with Gasteiger partial charge in [0.2, 0.25) is 5.91 Å². The number of amides is 1. The summed E-state index contributed by atoms with van der Waals surface area (Å²) in [5, 5.41) is 1.32. The third-order valence-electron chi connectivity index (χ3n) is 6.34. The number of carbonyl (C=O) groups is 2. The molecule has 0 bridgehead atoms. The Morgan fingerprint density at radius 2 is 1.88 bits per heavy atom. The maximum atomic E-state index is 13.6. The van der Waals surface area contributed by atoms with E-state index in [1.54, 1.807) is 12.1 Å². The molecule has 1 amide bonds. The van der Waals surface area contributed by atoms with Gasteiger partial charge in [0.1, 0.15) is 5.82 Å². The van der Waals surface area contributed by atoms with Crippen LogP contribution in [-0.2, 0) is 33.8 Å². The molecule has 0 spiro atoms. The molecule has 0 atom stereocenters. The van der Waals surface area contributed by atoms with Gasteiger partial charge in [-0.15, -0.1) is 0 Å². The van der Waals surface area contributed by atoms with Gasteiger partial charge in [0.25, 0.3) is 0 Å². The van der Waals surface area contributed by atoms with Crippen molar-refractivity contribution < 1.29 is 18.7 Å². The molecule has 33 heavy (non-hydrogen) atoms. The molecule has 1 aliphatic heterocycles. The van der Waals surface area contributed by atoms with Crippen molar-refractivity contribution in [2.45, 2.75) is 51.6 Å². The predicted octanol–water partition coefficient (Wildman–Crippen LogP) is 5.49. The molecule has 0 radical (unpaired) electrons. The maximum Gasteiger partial charge on any atom is 0.305 e. The zero-order valence-corrected chi connectivity index (χ0v) is 19.5. The average molecular weight is 471 g/mol. The topological polar surface area (TPSA) is 51.5 Å². The summed E-state index contributed by atoms with van der Waals surface area (Å²) in [4.78, 5) is 26.0. The van der Waals surface area contributed by atoms with E-state index in [9.17, 15) is 14.0 Å². The van der Waals surface area contributed by atoms with Crippen molar-refractivity contribution in [1.82, 2.24) is 9.47 Å². The van der Waals surface area contributed by atoms with Crippen LogP contribution in [0.2, 0.25) is 5.02 Å². The Kier molecular flexibility index (Phi) is 7.33. The van der Waals surface area contributed by atoms with Crippen LogP contribution < -0.4 is 0 Å². The fourth-order valence-electron chi connectivity index (χ4n) is 4.59. The highest BCUT2D eigenvalue weighted by atomic mass is 35.5. The zero-order valence-electron chi connectivity index (χ0n) is 18.8. The molecule has 3 aromatic rings. The molecule has 0 unspecified atom stereocenters. The van der Waals surface area contributed by atoms with Crippen LogP contribution in [0.25, 0.3) is 10.9 Å². The zero-order chi connectivity index (χ0) is 23.4. The summed E-state index contributed by atoms with van der Waals surface area (Å²) < 4.78 is 20.5. The number of esters is 1. The largest absolute Gasteiger partial charge is 0.469 e. The Labute approximate surface area is 198 Å². The van der Waals surface area contributed by atoms with E-state index in [2.05, 4.69) is 21.4 Å². The minimum absolute atomic E-state index is 0.113. The van der Waals surface area contributed by atoms with E-state index < -0.39 is 5.82 Å². The first-order valence-corrected chi connectivity index (χ1v) is 11.7. The lowest BCUT2D eigenvalue weighted by atomic mass is 10.0. The molecule has 2 aromatic carbocycles. The van der Waals surface area contributed by atoms with Crippen molar-refractivity contribution in [3.63, 3.8) is 0 Å². The van der Waals surface area contributed by atoms with Gasteiger partial charge in [-0.2, -0.15) is 0 Å². The van der Waals surface area contributed by atoms with Crippen molar-refractivity contribution >= 4 is 34.4 Å². The van der Waals surface area contributed by atoms with Crippen LogP contribution in [0.3, 0.4) is 0 Å². The number of fused-ring (bicyclic) bond motifs is 3. The summed E-state index contributed by atoms with van der Waals surface area (Å²) in [7, 11) is 1.39. The molecule has 0 aliphatic carbocycles. The second-order valence-electron chi connectivity index (χ2n) is 8.48. The van der Waals surface area contributed by atoms with Gasteiger partial charge in [0.15, 0.2) is 0 Å². The number of nitrogens with zero attached hydrogens (tertiary/aromatic N) is 2. The van der Waals surface area contributed by atoms with E-state index >= 15 is 0 Å². The Balaban J connectivity index is 1.49. The van der Waals surface area contributed by atoms with Crippen LogP contribution in [0.15, 0.2) is 42.5 Å². The van der Waals surface area contributed by atoms with Gasteiger partial charge in [0, 0.05) is 42.5 Å². The highest BCUT2D eigenvalue weighted by molar-refractivity contribution is 6.30. The summed E-state index contributed by atoms with van der Waals surface area (Å²) in [6, 6.07) is 13.1. The van der Waals surface area contributed by atoms with E-state index in [1.165, 1.54) is 24.1 Å². The molecule has 4 rings (SSSR count). The van der Waals surface area contributed by atoms with E-state index in [0.29, 0.717) is 32.5 Å². The lowest BCUT2D eigenvalue weighted by molar-refractivity contribution is -0.140. The number of carbonyl (C=O) groups excluding carboxylic acids is 2. The number of methoxy groups -OCH3 is 1. The van der Waals surface area contributed by atoms with E-state index in [4.69, 9.17) is 11.6 Å². The molecular weight excluding hydrogens is 443 g/mol. The first-order valence-electron chi connectivity index (χ1n) is 11.4. The number of rotatable bonds is 8. The van der Waals surface area contributed by atoms with Crippen LogP contribution in [0.4, 0.5) is 4.39 Å². The second-order valence-corrected chi connectivity index (χ2v) is 8.89. The minimum atomic E-state index is -0.428. The number of para-hydroxylation sites is 1. The summed E-state index contributed by atoms with van der Waals surface area (Å²) in [5.74, 6) is -0.497. The number of unbranched alkanes of at least 4 members (excludes halogenated alkanes) is 2. The van der Waals surface area contributed by atoms with Gasteiger partial charge in [0.05, 0.1) is 18.7 Å². The standard InChI is InChI=1S/C26H28ClFN2O3/c1-33-26(32)10-4-2-3-9-25(31)29-14-13-20-19-7-5-6-8-23(19)30(24(20)17-29)16-18-11-12-22(28)21(27)15-18/h5-8,11-12,15H,2-4,9-10,13-14,16-17H2,1H3. The summed E-state index contributed by atoms with van der Waals surface area (Å²) in [6.45, 7) is 1.82. The van der Waals surface area contributed by atoms with Crippen molar-refractivity contribution in [3.8, 4) is 0 Å². The number of hydrogen-bond acceptors (Lipinski definition) is 3. The summed E-state index contributed by atoms with van der Waals surface area (Å²) in [6.07, 6.45) is 4.00. The van der Waals surface area contributed by atoms with Crippen molar-refractivity contribution in [2.24, 2.45) is 0 Å². The Hall–Kier alpha value is -2.86. The van der Waals surface area contributed by atoms with Gasteiger partial charge in [-0.05, 0) is 48.6 Å². The highest BCUT2D eigenvalue weighted by Crippen LogP contribution is 2.32. The molecule has 0 fully saturated rings. The van der Waals surface area contributed by atoms with Crippen LogP contribution in [0.1, 0.15) is 48.9 Å². The molecule has 1 aromatic heterocycles. The normalized spacial score (nSPS) is 13.2. The maximum absolute atomic E-state index is 13.6. The Morgan fingerprint density at radius 3 is 2.67 bits per heavy atom. The van der Waals surface area contributed by atoms with Gasteiger partial charge >= 0.3 is 5.97 Å². The molecule has 2 heterocycles. The number of halogens is 2. The monoisotopic (exact) mass is 470 g/mol. The van der Waals surface area contributed by atoms with Crippen molar-refractivity contribution in [3.05, 3.63) is 70.1 Å². The number of benzene rings is 2. The average Bonchev–Trinajstić information content (AvgIpc) is 3.14. The molecule has 5 nitrogen and oxygen atoms in total. The molecule has 0 saturated heterocycles. The smallest absolute Gasteiger partial charge is 0.305 e. The number of aromatic nitrogens is 1. The fourth-order valence-corrected chi connectivity index (χ4v) is 4.79. The third kappa shape index (κ3) is 5.22. The van der Waals surface area contributed by atoms with E-state index in [1.807, 2.05) is 17.0 Å². The molecule has 1 aliphatic rings. The van der Waals surface area contributed by atoms with Gasteiger partial charge in [-0.3, -0.25) is 9.59 Å². The number of ether oxygens (including phenoxy) is 1. The Morgan fingerprint density at radius 1 is 1.09 bits per heavy atom. The van der Waals surface area contributed by atoms with Crippen LogP contribution in [0, 0.1) is 5.82 Å². The Bertz CT molecular complexity index is 1170. The highest BCUT2D eigenvalue weighted by Gasteiger charge is 2.26. The quantitative estimate of drug-likeness (QED) is 0.323. The van der Waals surface area contributed by atoms with Crippen molar-refractivity contribution in [1.29, 1.82) is 0 Å². The van der Waals surface area contributed by atoms with Gasteiger partial charge < -0.3 is 14.2 Å². The van der Waals surface area contributed by atoms with E-state index in [-0.39, 0.29) is 16.9 Å². The predicted molar refractivity (Wildman–Crippen MR) is 127 cm³/mol. The first-order chi connectivity index (χ1) is 16.0. The molecule has 0 saturated carbocycles. The van der Waals surface area contributed by atoms with Crippen LogP contribution in [-0.4, -0.2) is 35.0 Å². The molecule has 7 heteroatoms. The summed E-state index contributed by atoms with van der Waals surface area (Å²) >= 11 is 6.01. The first kappa shape index (κ1) is 23.3. The summed E-state index contributed by atoms with van der Waals surface area (Å²) in [5.41, 5.74) is 4.43. The van der Waals surface area contributed by atoms with Gasteiger partial charge in [-0.25, -0.2) is 4.39 Å². The third-order valence-corrected chi connectivity index (χ3v) is 6.63. The molecule has 174 valence electrons. The molecule has 0 N–H and O–H groups in total. The van der Waals surface area contributed by atoms with Crippen LogP contribution in [0.5, 0.6) is 0 Å². The second kappa shape index (κ2) is 10.4. The van der Waals surface area contributed by atoms with Crippen LogP contribution >= 0.6 is 11.6 Å². The fraction of sp³-hybridized carbons (Fsp3) is 0.385. The molecular formula is C26H28ClFN2O3. The van der Waals surface area contributed by atoms with Crippen molar-refractivity contribution in [2.75, 3.05) is 13.7 Å². The lowest BCUT2D eigenvalue weighted by Gasteiger charge is -2.29. The minimum Gasteiger partial charge on any atom is -0.469 e. The van der Waals surface area contributed by atoms with E-state index in [0.717, 1.165) is 42.5 Å².